The van der Waals surface area contributed by atoms with Gasteiger partial charge in [-0.15, -0.1) is 0 Å². The highest BCUT2D eigenvalue weighted by Gasteiger charge is 2.33. The zero-order valence-electron chi connectivity index (χ0n) is 11.9. The Labute approximate surface area is 128 Å². The maximum absolute atomic E-state index is 12.8. The third-order valence-corrected chi connectivity index (χ3v) is 6.23. The van der Waals surface area contributed by atoms with Crippen molar-refractivity contribution in [1.29, 1.82) is 0 Å². The topological polar surface area (TPSA) is 80.5 Å². The Morgan fingerprint density at radius 2 is 2.05 bits per heavy atom. The second-order valence-corrected chi connectivity index (χ2v) is 7.55. The Morgan fingerprint density at radius 1 is 1.38 bits per heavy atom. The third kappa shape index (κ3) is 3.04. The van der Waals surface area contributed by atoms with E-state index < -0.39 is 14.9 Å². The molecule has 0 saturated carbocycles. The van der Waals surface area contributed by atoms with Gasteiger partial charge in [0, 0.05) is 18.7 Å². The predicted octanol–water partition coefficient (Wildman–Crippen LogP) is 3.12. The van der Waals surface area contributed by atoms with Crippen molar-refractivity contribution in [2.24, 2.45) is 0 Å². The first-order valence-electron chi connectivity index (χ1n) is 6.71. The Balaban J connectivity index is 2.54. The van der Waals surface area contributed by atoms with E-state index in [0.29, 0.717) is 12.1 Å². The molecule has 21 heavy (non-hydrogen) atoms. The molecule has 1 unspecified atom stereocenters. The molecule has 1 fully saturated rings. The molecule has 0 spiro atoms. The van der Waals surface area contributed by atoms with Crippen LogP contribution in [0.1, 0.15) is 31.7 Å². The zero-order valence-corrected chi connectivity index (χ0v) is 13.4. The normalized spacial score (nSPS) is 20.4. The highest BCUT2D eigenvalue weighted by molar-refractivity contribution is 7.89. The van der Waals surface area contributed by atoms with Gasteiger partial charge >= 0.3 is 0 Å². The first-order chi connectivity index (χ1) is 9.75. The van der Waals surface area contributed by atoms with Gasteiger partial charge in [-0.25, -0.2) is 8.42 Å². The summed E-state index contributed by atoms with van der Waals surface area (Å²) in [5.41, 5.74) is 0.0360. The number of nitro benzene ring substituents is 1. The van der Waals surface area contributed by atoms with E-state index in [9.17, 15) is 18.5 Å². The Bertz CT molecular complexity index is 675. The summed E-state index contributed by atoms with van der Waals surface area (Å²) < 4.78 is 27.0. The van der Waals surface area contributed by atoms with Crippen LogP contribution in [0.3, 0.4) is 0 Å². The van der Waals surface area contributed by atoms with Crippen LogP contribution in [-0.4, -0.2) is 30.2 Å². The lowest BCUT2D eigenvalue weighted by atomic mass is 10.1. The van der Waals surface area contributed by atoms with E-state index >= 15 is 0 Å². The van der Waals surface area contributed by atoms with Gasteiger partial charge < -0.3 is 0 Å². The van der Waals surface area contributed by atoms with Gasteiger partial charge in [0.1, 0.15) is 5.02 Å². The van der Waals surface area contributed by atoms with Gasteiger partial charge in [0.2, 0.25) is 10.0 Å². The van der Waals surface area contributed by atoms with E-state index in [0.717, 1.165) is 25.3 Å². The van der Waals surface area contributed by atoms with E-state index in [1.165, 1.54) is 10.4 Å². The summed E-state index contributed by atoms with van der Waals surface area (Å²) in [6.07, 6.45) is 2.60. The van der Waals surface area contributed by atoms with Crippen LogP contribution in [0.4, 0.5) is 5.69 Å². The molecular formula is C13H17ClN2O4S. The molecule has 2 rings (SSSR count). The minimum Gasteiger partial charge on any atom is -0.258 e. The summed E-state index contributed by atoms with van der Waals surface area (Å²) in [5, 5.41) is 10.9. The van der Waals surface area contributed by atoms with Gasteiger partial charge in [-0.2, -0.15) is 4.31 Å². The maximum Gasteiger partial charge on any atom is 0.289 e. The highest BCUT2D eigenvalue weighted by atomic mass is 35.5. The summed E-state index contributed by atoms with van der Waals surface area (Å²) >= 11 is 5.81. The predicted molar refractivity (Wildman–Crippen MR) is 80.0 cm³/mol. The number of hydrogen-bond acceptors (Lipinski definition) is 4. The Kier molecular flexibility index (Phi) is 4.55. The number of nitro groups is 1. The fourth-order valence-corrected chi connectivity index (χ4v) is 4.83. The average Bonchev–Trinajstić information content (AvgIpc) is 2.38. The van der Waals surface area contributed by atoms with Crippen LogP contribution in [0.15, 0.2) is 17.0 Å². The number of nitrogens with zero attached hydrogens (tertiary/aromatic N) is 2. The molecule has 8 heteroatoms. The average molecular weight is 333 g/mol. The smallest absolute Gasteiger partial charge is 0.258 e. The summed E-state index contributed by atoms with van der Waals surface area (Å²) in [6, 6.07) is 2.30. The Morgan fingerprint density at radius 3 is 2.62 bits per heavy atom. The summed E-state index contributed by atoms with van der Waals surface area (Å²) in [7, 11) is -3.74. The van der Waals surface area contributed by atoms with E-state index in [1.54, 1.807) is 6.92 Å². The van der Waals surface area contributed by atoms with Gasteiger partial charge in [0.05, 0.1) is 9.82 Å². The van der Waals surface area contributed by atoms with Crippen LogP contribution in [0.2, 0.25) is 5.02 Å². The number of aryl methyl sites for hydroxylation is 1. The molecule has 1 aliphatic rings. The minimum atomic E-state index is -3.74. The summed E-state index contributed by atoms with van der Waals surface area (Å²) in [6.45, 7) is 3.90. The van der Waals surface area contributed by atoms with Crippen molar-refractivity contribution in [2.45, 2.75) is 44.0 Å². The second kappa shape index (κ2) is 5.90. The van der Waals surface area contributed by atoms with E-state index in [-0.39, 0.29) is 21.6 Å². The largest absolute Gasteiger partial charge is 0.289 e. The van der Waals surface area contributed by atoms with Crippen LogP contribution in [0, 0.1) is 17.0 Å². The molecule has 1 saturated heterocycles. The molecule has 0 N–H and O–H groups in total. The van der Waals surface area contributed by atoms with Crippen molar-refractivity contribution in [3.05, 3.63) is 32.8 Å². The fraction of sp³-hybridized carbons (Fsp3) is 0.538. The molecule has 1 aliphatic heterocycles. The lowest BCUT2D eigenvalue weighted by molar-refractivity contribution is -0.384. The van der Waals surface area contributed by atoms with Crippen molar-refractivity contribution in [2.75, 3.05) is 6.54 Å². The van der Waals surface area contributed by atoms with Crippen LogP contribution in [-0.2, 0) is 10.0 Å². The minimum absolute atomic E-state index is 0.0349. The standard InChI is InChI=1S/C13H17ClN2O4S/c1-9-7-11(14)12(16(17)18)8-13(9)21(19,20)15-6-4-3-5-10(15)2/h7-8,10H,3-6H2,1-2H3. The van der Waals surface area contributed by atoms with Gasteiger partial charge in [-0.3, -0.25) is 10.1 Å². The molecular weight excluding hydrogens is 316 g/mol. The molecule has 116 valence electrons. The molecule has 1 atom stereocenters. The van der Waals surface area contributed by atoms with E-state index in [4.69, 9.17) is 11.6 Å². The lowest BCUT2D eigenvalue weighted by Crippen LogP contribution is -2.42. The van der Waals surface area contributed by atoms with Crippen LogP contribution in [0.5, 0.6) is 0 Å². The van der Waals surface area contributed by atoms with Crippen molar-refractivity contribution < 1.29 is 13.3 Å². The maximum atomic E-state index is 12.8. The van der Waals surface area contributed by atoms with Crippen LogP contribution in [0.25, 0.3) is 0 Å². The van der Waals surface area contributed by atoms with Gasteiger partial charge in [-0.05, 0) is 38.3 Å². The third-order valence-electron chi connectivity index (χ3n) is 3.77. The van der Waals surface area contributed by atoms with Gasteiger partial charge in [0.15, 0.2) is 0 Å². The van der Waals surface area contributed by atoms with E-state index in [1.807, 2.05) is 6.92 Å². The van der Waals surface area contributed by atoms with Gasteiger partial charge in [0.25, 0.3) is 5.69 Å². The molecule has 1 aromatic rings. The summed E-state index contributed by atoms with van der Waals surface area (Å²) in [4.78, 5) is 10.3. The summed E-state index contributed by atoms with van der Waals surface area (Å²) in [5.74, 6) is 0. The number of hydrogen-bond donors (Lipinski definition) is 0. The molecule has 1 heterocycles. The number of piperidine rings is 1. The van der Waals surface area contributed by atoms with Crippen molar-refractivity contribution >= 4 is 27.3 Å². The first-order valence-corrected chi connectivity index (χ1v) is 8.53. The Hall–Kier alpha value is -1.18. The molecule has 0 aliphatic carbocycles. The van der Waals surface area contributed by atoms with Crippen molar-refractivity contribution in [3.63, 3.8) is 0 Å². The molecule has 0 radical (unpaired) electrons. The SMILES string of the molecule is Cc1cc(Cl)c([N+](=O)[O-])cc1S(=O)(=O)N1CCCCC1C. The van der Waals surface area contributed by atoms with Gasteiger partial charge in [-0.1, -0.05) is 18.0 Å². The first kappa shape index (κ1) is 16.2. The van der Waals surface area contributed by atoms with Crippen molar-refractivity contribution in [3.8, 4) is 0 Å². The fourth-order valence-electron chi connectivity index (χ4n) is 2.62. The van der Waals surface area contributed by atoms with E-state index in [2.05, 4.69) is 0 Å². The monoisotopic (exact) mass is 332 g/mol. The number of rotatable bonds is 3. The van der Waals surface area contributed by atoms with Crippen LogP contribution >= 0.6 is 11.6 Å². The molecule has 1 aromatic carbocycles. The van der Waals surface area contributed by atoms with Crippen LogP contribution < -0.4 is 0 Å². The molecule has 0 aromatic heterocycles. The van der Waals surface area contributed by atoms with Crippen molar-refractivity contribution in [1.82, 2.24) is 4.31 Å². The molecule has 0 bridgehead atoms. The lowest BCUT2D eigenvalue weighted by Gasteiger charge is -2.32. The number of halogens is 1. The molecule has 0 amide bonds. The molecule has 6 nitrogen and oxygen atoms in total. The number of sulfonamides is 1. The quantitative estimate of drug-likeness (QED) is 0.629. The second-order valence-electron chi connectivity index (χ2n) is 5.29. The number of benzene rings is 1. The zero-order chi connectivity index (χ0) is 15.8. The highest BCUT2D eigenvalue weighted by Crippen LogP contribution is 2.33.